The van der Waals surface area contributed by atoms with Gasteiger partial charge in [0.15, 0.2) is 5.78 Å². The van der Waals surface area contributed by atoms with Crippen LogP contribution < -0.4 is 0 Å². The third-order valence-electron chi connectivity index (χ3n) is 2.68. The molecule has 0 saturated heterocycles. The summed E-state index contributed by atoms with van der Waals surface area (Å²) in [6.45, 7) is 1.86. The highest BCUT2D eigenvalue weighted by atomic mass is 35.5. The first-order chi connectivity index (χ1) is 9.47. The van der Waals surface area contributed by atoms with Crippen LogP contribution in [0.1, 0.15) is 17.3 Å². The van der Waals surface area contributed by atoms with Gasteiger partial charge in [-0.25, -0.2) is 0 Å². The quantitative estimate of drug-likeness (QED) is 0.498. The lowest BCUT2D eigenvalue weighted by Gasteiger charge is -2.11. The number of benzene rings is 2. The van der Waals surface area contributed by atoms with Crippen LogP contribution >= 0.6 is 46.6 Å². The summed E-state index contributed by atoms with van der Waals surface area (Å²) in [4.78, 5) is 13.2. The maximum atomic E-state index is 12.3. The van der Waals surface area contributed by atoms with Gasteiger partial charge in [-0.05, 0) is 37.3 Å². The number of carbonyl (C=O) groups excluding carboxylic acids is 1. The highest BCUT2D eigenvalue weighted by Gasteiger charge is 2.17. The number of rotatable bonds is 4. The zero-order valence-electron chi connectivity index (χ0n) is 10.6. The second-order valence-electron chi connectivity index (χ2n) is 4.21. The molecule has 0 aromatic heterocycles. The fourth-order valence-electron chi connectivity index (χ4n) is 1.68. The van der Waals surface area contributed by atoms with E-state index in [1.54, 1.807) is 36.4 Å². The van der Waals surface area contributed by atoms with Gasteiger partial charge in [0.2, 0.25) is 0 Å². The average Bonchev–Trinajstić information content (AvgIpc) is 2.42. The lowest BCUT2D eigenvalue weighted by Crippen LogP contribution is -2.13. The Balaban J connectivity index is 2.13. The Hall–Kier alpha value is -0.670. The molecule has 2 aromatic rings. The lowest BCUT2D eigenvalue weighted by atomic mass is 10.1. The van der Waals surface area contributed by atoms with E-state index in [4.69, 9.17) is 34.8 Å². The first-order valence-corrected chi connectivity index (χ1v) is 7.90. The second kappa shape index (κ2) is 6.86. The molecule has 0 bridgehead atoms. The van der Waals surface area contributed by atoms with Crippen LogP contribution in [-0.4, -0.2) is 11.0 Å². The summed E-state index contributed by atoms with van der Waals surface area (Å²) in [7, 11) is 0. The van der Waals surface area contributed by atoms with Crippen molar-refractivity contribution in [2.24, 2.45) is 0 Å². The Bertz CT molecular complexity index is 643. The molecule has 1 nitrogen and oxygen atoms in total. The molecule has 1 unspecified atom stereocenters. The van der Waals surface area contributed by atoms with Crippen LogP contribution in [0.2, 0.25) is 15.1 Å². The van der Waals surface area contributed by atoms with E-state index >= 15 is 0 Å². The van der Waals surface area contributed by atoms with Crippen LogP contribution in [0.4, 0.5) is 0 Å². The summed E-state index contributed by atoms with van der Waals surface area (Å²) in [5.74, 6) is 0.0311. The normalized spacial score (nSPS) is 12.2. The summed E-state index contributed by atoms with van der Waals surface area (Å²) in [5, 5.41) is 1.32. The number of hydrogen-bond acceptors (Lipinski definition) is 2. The summed E-state index contributed by atoms with van der Waals surface area (Å²) in [6.07, 6.45) is 0. The minimum absolute atomic E-state index is 0.0311. The minimum atomic E-state index is -0.231. The highest BCUT2D eigenvalue weighted by Crippen LogP contribution is 2.31. The largest absolute Gasteiger partial charge is 0.293 e. The number of halogens is 3. The fourth-order valence-corrected chi connectivity index (χ4v) is 3.22. The monoisotopic (exact) mass is 344 g/mol. The topological polar surface area (TPSA) is 17.1 Å². The van der Waals surface area contributed by atoms with E-state index in [-0.39, 0.29) is 11.0 Å². The maximum Gasteiger partial charge on any atom is 0.175 e. The lowest BCUT2D eigenvalue weighted by molar-refractivity contribution is 0.0994. The summed E-state index contributed by atoms with van der Waals surface area (Å²) < 4.78 is 0. The Labute approximate surface area is 137 Å². The van der Waals surface area contributed by atoms with Gasteiger partial charge in [-0.1, -0.05) is 46.9 Å². The molecule has 5 heteroatoms. The Morgan fingerprint density at radius 1 is 1.05 bits per heavy atom. The maximum absolute atomic E-state index is 12.3. The Morgan fingerprint density at radius 3 is 2.45 bits per heavy atom. The van der Waals surface area contributed by atoms with E-state index < -0.39 is 0 Å². The van der Waals surface area contributed by atoms with Crippen molar-refractivity contribution >= 4 is 52.3 Å². The first-order valence-electron chi connectivity index (χ1n) is 5.89. The van der Waals surface area contributed by atoms with E-state index in [1.165, 1.54) is 11.8 Å². The number of thioether (sulfide) groups is 1. The van der Waals surface area contributed by atoms with Crippen molar-refractivity contribution in [1.29, 1.82) is 0 Å². The molecular weight excluding hydrogens is 335 g/mol. The van der Waals surface area contributed by atoms with Crippen molar-refractivity contribution in [2.75, 3.05) is 0 Å². The molecule has 2 aromatic carbocycles. The van der Waals surface area contributed by atoms with Crippen LogP contribution in [0.3, 0.4) is 0 Å². The standard InChI is InChI=1S/C15H11Cl3OS/c1-9(15(19)10-3-2-4-11(16)7-10)20-12-5-6-13(17)14(18)8-12/h2-9H,1H3. The van der Waals surface area contributed by atoms with Crippen molar-refractivity contribution < 1.29 is 4.79 Å². The zero-order chi connectivity index (χ0) is 14.7. The van der Waals surface area contributed by atoms with Crippen molar-refractivity contribution in [3.8, 4) is 0 Å². The number of ketones is 1. The van der Waals surface area contributed by atoms with Gasteiger partial charge in [0.05, 0.1) is 15.3 Å². The molecule has 1 atom stereocenters. The summed E-state index contributed by atoms with van der Waals surface area (Å²) in [5.41, 5.74) is 0.609. The molecule has 2 rings (SSSR count). The molecule has 20 heavy (non-hydrogen) atoms. The van der Waals surface area contributed by atoms with Crippen LogP contribution in [0, 0.1) is 0 Å². The molecule has 0 radical (unpaired) electrons. The molecule has 0 fully saturated rings. The van der Waals surface area contributed by atoms with E-state index in [0.29, 0.717) is 20.6 Å². The van der Waals surface area contributed by atoms with Crippen molar-refractivity contribution in [2.45, 2.75) is 17.1 Å². The van der Waals surface area contributed by atoms with Gasteiger partial charge in [-0.2, -0.15) is 0 Å². The fraction of sp³-hybridized carbons (Fsp3) is 0.133. The van der Waals surface area contributed by atoms with Crippen LogP contribution in [0.25, 0.3) is 0 Å². The summed E-state index contributed by atoms with van der Waals surface area (Å²) in [6, 6.07) is 12.3. The SMILES string of the molecule is CC(Sc1ccc(Cl)c(Cl)c1)C(=O)c1cccc(Cl)c1. The molecular formula is C15H11Cl3OS. The van der Waals surface area contributed by atoms with Crippen LogP contribution in [0.5, 0.6) is 0 Å². The first kappa shape index (κ1) is 15.7. The van der Waals surface area contributed by atoms with Gasteiger partial charge in [-0.3, -0.25) is 4.79 Å². The predicted octanol–water partition coefficient (Wildman–Crippen LogP) is 6.01. The smallest absolute Gasteiger partial charge is 0.175 e. The number of carbonyl (C=O) groups is 1. The van der Waals surface area contributed by atoms with Crippen molar-refractivity contribution in [1.82, 2.24) is 0 Å². The van der Waals surface area contributed by atoms with Gasteiger partial charge in [-0.15, -0.1) is 11.8 Å². The van der Waals surface area contributed by atoms with E-state index in [2.05, 4.69) is 0 Å². The highest BCUT2D eigenvalue weighted by molar-refractivity contribution is 8.00. The molecule has 0 N–H and O–H groups in total. The number of Topliss-reactive ketones (excluding diaryl/α,β-unsaturated/α-hetero) is 1. The Kier molecular flexibility index (Phi) is 5.39. The molecule has 0 spiro atoms. The molecule has 0 aliphatic rings. The van der Waals surface area contributed by atoms with Gasteiger partial charge < -0.3 is 0 Å². The molecule has 0 amide bonds. The van der Waals surface area contributed by atoms with Gasteiger partial charge in [0.25, 0.3) is 0 Å². The summed E-state index contributed by atoms with van der Waals surface area (Å²) >= 11 is 19.2. The minimum Gasteiger partial charge on any atom is -0.293 e. The van der Waals surface area contributed by atoms with Gasteiger partial charge in [0, 0.05) is 15.5 Å². The van der Waals surface area contributed by atoms with Crippen LogP contribution in [0.15, 0.2) is 47.4 Å². The number of hydrogen-bond donors (Lipinski definition) is 0. The van der Waals surface area contributed by atoms with Gasteiger partial charge in [0.1, 0.15) is 0 Å². The van der Waals surface area contributed by atoms with Crippen LogP contribution in [-0.2, 0) is 0 Å². The third kappa shape index (κ3) is 3.92. The van der Waals surface area contributed by atoms with Crippen molar-refractivity contribution in [3.63, 3.8) is 0 Å². The second-order valence-corrected chi connectivity index (χ2v) is 6.88. The van der Waals surface area contributed by atoms with E-state index in [0.717, 1.165) is 4.90 Å². The molecule has 0 heterocycles. The molecule has 0 saturated carbocycles. The molecule has 0 aliphatic heterocycles. The third-order valence-corrected chi connectivity index (χ3v) is 4.75. The molecule has 104 valence electrons. The molecule has 0 aliphatic carbocycles. The van der Waals surface area contributed by atoms with Gasteiger partial charge >= 0.3 is 0 Å². The average molecular weight is 346 g/mol. The van der Waals surface area contributed by atoms with E-state index in [9.17, 15) is 4.79 Å². The Morgan fingerprint density at radius 2 is 1.80 bits per heavy atom. The predicted molar refractivity (Wildman–Crippen MR) is 87.6 cm³/mol. The van der Waals surface area contributed by atoms with E-state index in [1.807, 2.05) is 13.0 Å². The zero-order valence-corrected chi connectivity index (χ0v) is 13.7. The van der Waals surface area contributed by atoms with Crippen molar-refractivity contribution in [3.05, 3.63) is 63.1 Å².